The second kappa shape index (κ2) is 6.70. The second-order valence-electron chi connectivity index (χ2n) is 4.97. The molecule has 1 rings (SSSR count). The van der Waals surface area contributed by atoms with Crippen molar-refractivity contribution < 1.29 is 9.90 Å². The van der Waals surface area contributed by atoms with E-state index in [1.807, 2.05) is 32.4 Å². The molecule has 1 aromatic heterocycles. The highest BCUT2D eigenvalue weighted by Crippen LogP contribution is 2.22. The van der Waals surface area contributed by atoms with E-state index in [-0.39, 0.29) is 6.04 Å². The van der Waals surface area contributed by atoms with Crippen LogP contribution in [0, 0.1) is 13.8 Å². The van der Waals surface area contributed by atoms with Crippen LogP contribution in [0.2, 0.25) is 0 Å². The molecular weight excluding hydrogens is 242 g/mol. The molecule has 0 aliphatic carbocycles. The van der Waals surface area contributed by atoms with Crippen molar-refractivity contribution in [2.75, 3.05) is 0 Å². The van der Waals surface area contributed by atoms with Gasteiger partial charge in [-0.15, -0.1) is 0 Å². The fraction of sp³-hybridized carbons (Fsp3) is 0.714. The molecule has 0 saturated carbocycles. The Kier molecular flexibility index (Phi) is 5.54. The molecule has 19 heavy (non-hydrogen) atoms. The molecule has 2 unspecified atom stereocenters. The number of carbonyl (C=O) groups is 1. The van der Waals surface area contributed by atoms with Crippen molar-refractivity contribution >= 4 is 5.97 Å². The van der Waals surface area contributed by atoms with E-state index < -0.39 is 12.0 Å². The lowest BCUT2D eigenvalue weighted by atomic mass is 10.0. The number of hydrogen-bond donors (Lipinski definition) is 2. The average Bonchev–Trinajstić information content (AvgIpc) is 2.63. The molecule has 108 valence electrons. The standard InChI is InChI=1S/C14H25N3O2/c1-6-8-12(14(18)19)15-9(3)13-10(4)16-17(7-2)11(13)5/h9,12,15H,6-8H2,1-5H3,(H,18,19). The third-order valence-corrected chi connectivity index (χ3v) is 3.50. The van der Waals surface area contributed by atoms with Crippen molar-refractivity contribution in [3.8, 4) is 0 Å². The van der Waals surface area contributed by atoms with Crippen molar-refractivity contribution in [1.29, 1.82) is 0 Å². The number of carboxylic acids is 1. The normalized spacial score (nSPS) is 14.4. The first-order valence-corrected chi connectivity index (χ1v) is 6.95. The van der Waals surface area contributed by atoms with E-state index in [0.29, 0.717) is 6.42 Å². The molecule has 0 bridgehead atoms. The van der Waals surface area contributed by atoms with Crippen LogP contribution in [0.25, 0.3) is 0 Å². The molecule has 0 aliphatic rings. The first-order valence-electron chi connectivity index (χ1n) is 6.95. The van der Waals surface area contributed by atoms with Gasteiger partial charge in [0.15, 0.2) is 0 Å². The zero-order valence-corrected chi connectivity index (χ0v) is 12.5. The Bertz CT molecular complexity index is 440. The smallest absolute Gasteiger partial charge is 0.320 e. The molecule has 5 nitrogen and oxygen atoms in total. The summed E-state index contributed by atoms with van der Waals surface area (Å²) in [6.07, 6.45) is 1.49. The zero-order valence-electron chi connectivity index (χ0n) is 12.5. The quantitative estimate of drug-likeness (QED) is 0.796. The van der Waals surface area contributed by atoms with Gasteiger partial charge >= 0.3 is 5.97 Å². The van der Waals surface area contributed by atoms with Crippen molar-refractivity contribution in [1.82, 2.24) is 15.1 Å². The first-order chi connectivity index (χ1) is 8.92. The summed E-state index contributed by atoms with van der Waals surface area (Å²) in [4.78, 5) is 11.2. The molecule has 2 N–H and O–H groups in total. The van der Waals surface area contributed by atoms with Gasteiger partial charge in [0.05, 0.1) is 5.69 Å². The predicted octanol–water partition coefficient (Wildman–Crippen LogP) is 2.42. The average molecular weight is 267 g/mol. The Morgan fingerprint density at radius 1 is 1.42 bits per heavy atom. The Balaban J connectivity index is 2.90. The number of aliphatic carboxylic acids is 1. The van der Waals surface area contributed by atoms with E-state index in [4.69, 9.17) is 0 Å². The van der Waals surface area contributed by atoms with Gasteiger partial charge in [0, 0.05) is 23.8 Å². The number of rotatable bonds is 7. The van der Waals surface area contributed by atoms with Crippen molar-refractivity contribution in [3.05, 3.63) is 17.0 Å². The van der Waals surface area contributed by atoms with Crippen LogP contribution in [0.15, 0.2) is 0 Å². The highest BCUT2D eigenvalue weighted by atomic mass is 16.4. The lowest BCUT2D eigenvalue weighted by Gasteiger charge is -2.20. The van der Waals surface area contributed by atoms with Crippen LogP contribution in [0.4, 0.5) is 0 Å². The Labute approximate surface area is 115 Å². The molecule has 1 aromatic rings. The van der Waals surface area contributed by atoms with Crippen molar-refractivity contribution in [2.24, 2.45) is 0 Å². The summed E-state index contributed by atoms with van der Waals surface area (Å²) in [5.74, 6) is -0.785. The van der Waals surface area contributed by atoms with Gasteiger partial charge in [-0.25, -0.2) is 0 Å². The number of nitrogens with zero attached hydrogens (tertiary/aromatic N) is 2. The maximum Gasteiger partial charge on any atom is 0.320 e. The van der Waals surface area contributed by atoms with Gasteiger partial charge in [-0.2, -0.15) is 5.10 Å². The minimum Gasteiger partial charge on any atom is -0.480 e. The van der Waals surface area contributed by atoms with Crippen molar-refractivity contribution in [2.45, 2.75) is 66.1 Å². The minimum atomic E-state index is -0.785. The largest absolute Gasteiger partial charge is 0.480 e. The molecule has 5 heteroatoms. The van der Waals surface area contributed by atoms with Crippen LogP contribution in [-0.2, 0) is 11.3 Å². The van der Waals surface area contributed by atoms with Crippen LogP contribution in [0.1, 0.15) is 56.6 Å². The second-order valence-corrected chi connectivity index (χ2v) is 4.97. The predicted molar refractivity (Wildman–Crippen MR) is 75.3 cm³/mol. The molecular formula is C14H25N3O2. The number of carboxylic acid groups (broad SMARTS) is 1. The first kappa shape index (κ1) is 15.7. The summed E-state index contributed by atoms with van der Waals surface area (Å²) in [6, 6.07) is -0.503. The van der Waals surface area contributed by atoms with Gasteiger partial charge in [0.2, 0.25) is 0 Å². The summed E-state index contributed by atoms with van der Waals surface area (Å²) >= 11 is 0. The van der Waals surface area contributed by atoms with Gasteiger partial charge in [0.1, 0.15) is 6.04 Å². The van der Waals surface area contributed by atoms with Crippen LogP contribution in [0.5, 0.6) is 0 Å². The van der Waals surface area contributed by atoms with E-state index in [0.717, 1.165) is 29.9 Å². The summed E-state index contributed by atoms with van der Waals surface area (Å²) < 4.78 is 1.96. The Morgan fingerprint density at radius 2 is 2.05 bits per heavy atom. The van der Waals surface area contributed by atoms with E-state index in [1.54, 1.807) is 0 Å². The van der Waals surface area contributed by atoms with Crippen LogP contribution < -0.4 is 5.32 Å². The Hall–Kier alpha value is -1.36. The molecule has 0 radical (unpaired) electrons. The van der Waals surface area contributed by atoms with Crippen LogP contribution >= 0.6 is 0 Å². The SMILES string of the molecule is CCCC(NC(C)c1c(C)nn(CC)c1C)C(=O)O. The van der Waals surface area contributed by atoms with E-state index >= 15 is 0 Å². The molecule has 0 aliphatic heterocycles. The summed E-state index contributed by atoms with van der Waals surface area (Å²) in [6.45, 7) is 10.9. The summed E-state index contributed by atoms with van der Waals surface area (Å²) in [5, 5.41) is 16.9. The Morgan fingerprint density at radius 3 is 2.47 bits per heavy atom. The maximum atomic E-state index is 11.2. The molecule has 0 amide bonds. The lowest BCUT2D eigenvalue weighted by molar-refractivity contribution is -0.139. The molecule has 1 heterocycles. The molecule has 0 saturated heterocycles. The molecule has 0 spiro atoms. The fourth-order valence-electron chi connectivity index (χ4n) is 2.60. The van der Waals surface area contributed by atoms with Gasteiger partial charge in [0.25, 0.3) is 0 Å². The number of hydrogen-bond acceptors (Lipinski definition) is 3. The highest BCUT2D eigenvalue weighted by Gasteiger charge is 2.23. The van der Waals surface area contributed by atoms with E-state index in [2.05, 4.69) is 17.3 Å². The maximum absolute atomic E-state index is 11.2. The number of nitrogens with one attached hydrogen (secondary N) is 1. The van der Waals surface area contributed by atoms with Gasteiger partial charge < -0.3 is 5.11 Å². The van der Waals surface area contributed by atoms with E-state index in [9.17, 15) is 9.90 Å². The lowest BCUT2D eigenvalue weighted by Crippen LogP contribution is -2.38. The minimum absolute atomic E-state index is 0.00653. The van der Waals surface area contributed by atoms with Crippen LogP contribution in [0.3, 0.4) is 0 Å². The molecule has 0 fully saturated rings. The third kappa shape index (κ3) is 3.56. The van der Waals surface area contributed by atoms with Gasteiger partial charge in [-0.1, -0.05) is 13.3 Å². The van der Waals surface area contributed by atoms with Gasteiger partial charge in [-0.3, -0.25) is 14.8 Å². The van der Waals surface area contributed by atoms with E-state index in [1.165, 1.54) is 0 Å². The fourth-order valence-corrected chi connectivity index (χ4v) is 2.60. The highest BCUT2D eigenvalue weighted by molar-refractivity contribution is 5.73. The third-order valence-electron chi connectivity index (χ3n) is 3.50. The monoisotopic (exact) mass is 267 g/mol. The summed E-state index contributed by atoms with van der Waals surface area (Å²) in [7, 11) is 0. The van der Waals surface area contributed by atoms with Crippen molar-refractivity contribution in [3.63, 3.8) is 0 Å². The molecule has 2 atom stereocenters. The topological polar surface area (TPSA) is 67.2 Å². The number of aromatic nitrogens is 2. The van der Waals surface area contributed by atoms with Crippen LogP contribution in [-0.4, -0.2) is 26.9 Å². The zero-order chi connectivity index (χ0) is 14.6. The summed E-state index contributed by atoms with van der Waals surface area (Å²) in [5.41, 5.74) is 3.20. The number of aryl methyl sites for hydroxylation is 2. The molecule has 0 aromatic carbocycles. The van der Waals surface area contributed by atoms with Gasteiger partial charge in [-0.05, 0) is 34.1 Å².